The van der Waals surface area contributed by atoms with E-state index >= 15 is 0 Å². The molecule has 1 aliphatic heterocycles. The predicted octanol–water partition coefficient (Wildman–Crippen LogP) is 1.81. The van der Waals surface area contributed by atoms with E-state index in [1.165, 1.54) is 24.3 Å². The second-order valence-corrected chi connectivity index (χ2v) is 3.84. The number of aromatic hydroxyl groups is 1. The molecular weight excluding hydrogens is 234 g/mol. The highest BCUT2D eigenvalue weighted by atomic mass is 16.3. The summed E-state index contributed by atoms with van der Waals surface area (Å²) in [4.78, 5) is 26.5. The van der Waals surface area contributed by atoms with Gasteiger partial charge in [0.25, 0.3) is 0 Å². The van der Waals surface area contributed by atoms with Gasteiger partial charge in [-0.05, 0) is 18.2 Å². The Morgan fingerprint density at radius 1 is 1.22 bits per heavy atom. The molecule has 0 aromatic heterocycles. The average molecular weight is 241 g/mol. The van der Waals surface area contributed by atoms with Crippen molar-refractivity contribution >= 4 is 17.4 Å². The zero-order valence-electron chi connectivity index (χ0n) is 9.08. The summed E-state index contributed by atoms with van der Waals surface area (Å²) < 4.78 is 5.47. The molecule has 0 unspecified atom stereocenters. The lowest BCUT2D eigenvalue weighted by atomic mass is 10.1. The van der Waals surface area contributed by atoms with Gasteiger partial charge in [0, 0.05) is 17.7 Å². The number of aldehydes is 1. The van der Waals surface area contributed by atoms with E-state index in [-0.39, 0.29) is 22.5 Å². The molecule has 1 heterocycles. The van der Waals surface area contributed by atoms with Crippen molar-refractivity contribution < 1.29 is 14.3 Å². The van der Waals surface area contributed by atoms with Crippen LogP contribution in [0.4, 0.5) is 0 Å². The van der Waals surface area contributed by atoms with Crippen molar-refractivity contribution in [3.8, 4) is 17.2 Å². The zero-order chi connectivity index (χ0) is 12.7. The molecule has 5 nitrogen and oxygen atoms in total. The quantitative estimate of drug-likeness (QED) is 0.519. The van der Waals surface area contributed by atoms with Crippen molar-refractivity contribution in [2.24, 2.45) is 0 Å². The number of phenolic OH excluding ortho intramolecular Hbond substituents is 1. The topological polar surface area (TPSA) is 80.4 Å². The molecule has 0 saturated heterocycles. The van der Waals surface area contributed by atoms with E-state index in [1.54, 1.807) is 6.07 Å². The molecule has 1 aromatic rings. The summed E-state index contributed by atoms with van der Waals surface area (Å²) in [7, 11) is 0. The van der Waals surface area contributed by atoms with Gasteiger partial charge in [0.1, 0.15) is 17.0 Å². The Balaban J connectivity index is 2.48. The van der Waals surface area contributed by atoms with Crippen molar-refractivity contribution in [1.82, 2.24) is 4.98 Å². The molecule has 88 valence electrons. The van der Waals surface area contributed by atoms with E-state index in [0.717, 1.165) is 0 Å². The molecular formula is C13H7NO4. The Labute approximate surface area is 101 Å². The fourth-order valence-electron chi connectivity index (χ4n) is 1.81. The molecule has 0 atom stereocenters. The molecule has 0 spiro atoms. The summed E-state index contributed by atoms with van der Waals surface area (Å²) in [5, 5.41) is 9.35. The third-order valence-electron chi connectivity index (χ3n) is 2.60. The number of carbonyl (C=O) groups excluding carboxylic acids is 1. The molecule has 0 bridgehead atoms. The Morgan fingerprint density at radius 2 is 2.06 bits per heavy atom. The highest BCUT2D eigenvalue weighted by Gasteiger charge is 2.14. The maximum Gasteiger partial charge on any atom is 0.183 e. The number of hydrogen-bond donors (Lipinski definition) is 1. The van der Waals surface area contributed by atoms with E-state index in [0.29, 0.717) is 23.1 Å². The second-order valence-electron chi connectivity index (χ2n) is 3.84. The van der Waals surface area contributed by atoms with Gasteiger partial charge in [-0.1, -0.05) is 0 Å². The van der Waals surface area contributed by atoms with Crippen LogP contribution in [0.25, 0.3) is 22.6 Å². The monoisotopic (exact) mass is 241 g/mol. The van der Waals surface area contributed by atoms with E-state index in [4.69, 9.17) is 4.42 Å². The van der Waals surface area contributed by atoms with Crippen molar-refractivity contribution in [2.75, 3.05) is 0 Å². The molecule has 3 rings (SSSR count). The van der Waals surface area contributed by atoms with Gasteiger partial charge in [0.05, 0.1) is 0 Å². The number of nitrogens with zero attached hydrogens (tertiary/aromatic N) is 1. The van der Waals surface area contributed by atoms with Crippen LogP contribution in [-0.2, 0) is 0 Å². The number of benzene rings is 2. The van der Waals surface area contributed by atoms with Gasteiger partial charge < -0.3 is 9.52 Å². The zero-order valence-corrected chi connectivity index (χ0v) is 9.08. The lowest BCUT2D eigenvalue weighted by Gasteiger charge is -2.07. The van der Waals surface area contributed by atoms with Crippen LogP contribution in [0.3, 0.4) is 0 Å². The standard InChI is InChI=1S/C13H7NO4/c15-6-7-3-9(17)5-12-13(7)14-10-2-1-8(16)4-11(10)18-12/h1-6,16H. The smallest absolute Gasteiger partial charge is 0.183 e. The van der Waals surface area contributed by atoms with Crippen LogP contribution >= 0.6 is 0 Å². The summed E-state index contributed by atoms with van der Waals surface area (Å²) in [5.74, 6) is 0.268. The molecule has 1 aromatic carbocycles. The van der Waals surface area contributed by atoms with Gasteiger partial charge in [-0.3, -0.25) is 9.59 Å². The van der Waals surface area contributed by atoms with E-state index < -0.39 is 0 Å². The minimum atomic E-state index is -0.324. The molecule has 18 heavy (non-hydrogen) atoms. The van der Waals surface area contributed by atoms with Crippen LogP contribution < -0.4 is 5.43 Å². The van der Waals surface area contributed by atoms with Crippen LogP contribution in [0.2, 0.25) is 0 Å². The van der Waals surface area contributed by atoms with Crippen LogP contribution in [0.15, 0.2) is 39.5 Å². The van der Waals surface area contributed by atoms with Gasteiger partial charge >= 0.3 is 0 Å². The second kappa shape index (κ2) is 3.66. The predicted molar refractivity (Wildman–Crippen MR) is 64.0 cm³/mol. The molecule has 0 amide bonds. The number of rotatable bonds is 1. The molecule has 1 N–H and O–H groups in total. The van der Waals surface area contributed by atoms with E-state index in [2.05, 4.69) is 4.98 Å². The van der Waals surface area contributed by atoms with Crippen molar-refractivity contribution in [1.29, 1.82) is 0 Å². The number of fused-ring (bicyclic) bond motifs is 2. The Bertz CT molecular complexity index is 791. The Hall–Kier alpha value is -2.69. The third kappa shape index (κ3) is 1.53. The summed E-state index contributed by atoms with van der Waals surface area (Å²) in [6, 6.07) is 6.93. The van der Waals surface area contributed by atoms with Gasteiger partial charge in [0.15, 0.2) is 23.1 Å². The summed E-state index contributed by atoms with van der Waals surface area (Å²) in [5.41, 5.74) is 1.06. The highest BCUT2D eigenvalue weighted by molar-refractivity contribution is 5.87. The first kappa shape index (κ1) is 10.5. The molecule has 0 saturated carbocycles. The van der Waals surface area contributed by atoms with Crippen molar-refractivity contribution in [3.05, 3.63) is 46.1 Å². The van der Waals surface area contributed by atoms with Gasteiger partial charge in [-0.25, -0.2) is 4.98 Å². The lowest BCUT2D eigenvalue weighted by molar-refractivity contribution is 0.112. The van der Waals surface area contributed by atoms with Crippen LogP contribution in [0.1, 0.15) is 10.4 Å². The van der Waals surface area contributed by atoms with Gasteiger partial charge in [-0.15, -0.1) is 0 Å². The van der Waals surface area contributed by atoms with Crippen molar-refractivity contribution in [2.45, 2.75) is 0 Å². The normalized spacial score (nSPS) is 10.9. The Morgan fingerprint density at radius 3 is 2.83 bits per heavy atom. The largest absolute Gasteiger partial charge is 0.508 e. The summed E-state index contributed by atoms with van der Waals surface area (Å²) in [6.45, 7) is 0. The lowest BCUT2D eigenvalue weighted by Crippen LogP contribution is -2.04. The van der Waals surface area contributed by atoms with Gasteiger partial charge in [0.2, 0.25) is 0 Å². The first-order valence-corrected chi connectivity index (χ1v) is 5.20. The maximum atomic E-state index is 11.4. The summed E-state index contributed by atoms with van der Waals surface area (Å²) in [6.07, 6.45) is 0.568. The third-order valence-corrected chi connectivity index (χ3v) is 2.60. The first-order valence-electron chi connectivity index (χ1n) is 5.20. The first-order chi connectivity index (χ1) is 8.67. The molecule has 0 radical (unpaired) electrons. The molecule has 1 aliphatic carbocycles. The number of hydrogen-bond acceptors (Lipinski definition) is 5. The van der Waals surface area contributed by atoms with E-state index in [9.17, 15) is 14.7 Å². The molecule has 0 fully saturated rings. The fraction of sp³-hybridized carbons (Fsp3) is 0. The Kier molecular flexibility index (Phi) is 2.13. The SMILES string of the molecule is O=Cc1cc(=O)cc2oc3cc(O)ccc3nc1-2. The number of phenols is 1. The maximum absolute atomic E-state index is 11.4. The van der Waals surface area contributed by atoms with Crippen LogP contribution in [0, 0.1) is 0 Å². The van der Waals surface area contributed by atoms with Crippen molar-refractivity contribution in [3.63, 3.8) is 0 Å². The summed E-state index contributed by atoms with van der Waals surface area (Å²) >= 11 is 0. The highest BCUT2D eigenvalue weighted by Crippen LogP contribution is 2.27. The minimum Gasteiger partial charge on any atom is -0.508 e. The van der Waals surface area contributed by atoms with Gasteiger partial charge in [-0.2, -0.15) is 0 Å². The average Bonchev–Trinajstić information content (AvgIpc) is 2.35. The van der Waals surface area contributed by atoms with Crippen LogP contribution in [0.5, 0.6) is 5.75 Å². The number of carbonyl (C=O) groups is 1. The fourth-order valence-corrected chi connectivity index (χ4v) is 1.81. The molecule has 5 heteroatoms. The minimum absolute atomic E-state index is 0.0429. The number of aromatic nitrogens is 1. The molecule has 2 aliphatic rings. The van der Waals surface area contributed by atoms with E-state index in [1.807, 2.05) is 0 Å². The van der Waals surface area contributed by atoms with Crippen LogP contribution in [-0.4, -0.2) is 16.4 Å².